The van der Waals surface area contributed by atoms with Gasteiger partial charge in [-0.05, 0) is 30.7 Å². The summed E-state index contributed by atoms with van der Waals surface area (Å²) >= 11 is 0. The summed E-state index contributed by atoms with van der Waals surface area (Å²) in [6.45, 7) is 7.84. The van der Waals surface area contributed by atoms with Gasteiger partial charge in [0.15, 0.2) is 0 Å². The summed E-state index contributed by atoms with van der Waals surface area (Å²) in [5.41, 5.74) is 0. The topological polar surface area (TPSA) is 70.7 Å². The van der Waals surface area contributed by atoms with Crippen molar-refractivity contribution in [3.63, 3.8) is 0 Å². The quantitative estimate of drug-likeness (QED) is 0.622. The van der Waals surface area contributed by atoms with E-state index >= 15 is 0 Å². The highest BCUT2D eigenvalue weighted by molar-refractivity contribution is 7.89. The first-order valence-corrected chi connectivity index (χ1v) is 10.3. The minimum Gasteiger partial charge on any atom is -0.494 e. The second-order valence-electron chi connectivity index (χ2n) is 6.02. The third-order valence-electron chi connectivity index (χ3n) is 4.08. The SMILES string of the molecule is CCCCCOc1ccc(S(=O)(=O)NCCN2CCNCC2)cc1. The van der Waals surface area contributed by atoms with Crippen LogP contribution in [0.15, 0.2) is 29.2 Å². The largest absolute Gasteiger partial charge is 0.494 e. The van der Waals surface area contributed by atoms with Gasteiger partial charge in [-0.15, -0.1) is 0 Å². The zero-order valence-electron chi connectivity index (χ0n) is 14.5. The Hall–Kier alpha value is -1.15. The third kappa shape index (κ3) is 6.39. The Morgan fingerprint density at radius 3 is 2.54 bits per heavy atom. The van der Waals surface area contributed by atoms with Crippen molar-refractivity contribution in [3.05, 3.63) is 24.3 Å². The molecule has 7 heteroatoms. The van der Waals surface area contributed by atoms with Crippen LogP contribution in [0, 0.1) is 0 Å². The molecule has 1 aliphatic heterocycles. The number of nitrogens with one attached hydrogen (secondary N) is 2. The maximum Gasteiger partial charge on any atom is 0.240 e. The minimum atomic E-state index is -3.45. The van der Waals surface area contributed by atoms with Gasteiger partial charge in [0.1, 0.15) is 5.75 Å². The van der Waals surface area contributed by atoms with Gasteiger partial charge in [-0.25, -0.2) is 13.1 Å². The average molecular weight is 356 g/mol. The molecule has 0 aliphatic carbocycles. The number of benzene rings is 1. The Kier molecular flexibility index (Phi) is 7.98. The van der Waals surface area contributed by atoms with Crippen LogP contribution < -0.4 is 14.8 Å². The number of piperazine rings is 1. The van der Waals surface area contributed by atoms with Gasteiger partial charge in [-0.3, -0.25) is 4.90 Å². The summed E-state index contributed by atoms with van der Waals surface area (Å²) in [5.74, 6) is 0.714. The molecule has 1 aliphatic rings. The smallest absolute Gasteiger partial charge is 0.240 e. The lowest BCUT2D eigenvalue weighted by atomic mass is 10.3. The summed E-state index contributed by atoms with van der Waals surface area (Å²) in [6, 6.07) is 6.64. The second-order valence-corrected chi connectivity index (χ2v) is 7.78. The third-order valence-corrected chi connectivity index (χ3v) is 5.56. The molecule has 136 valence electrons. The number of rotatable bonds is 10. The molecule has 0 saturated carbocycles. The van der Waals surface area contributed by atoms with E-state index in [1.807, 2.05) is 0 Å². The van der Waals surface area contributed by atoms with Crippen LogP contribution in [0.5, 0.6) is 5.75 Å². The molecule has 1 heterocycles. The first kappa shape index (κ1) is 19.2. The number of hydrogen-bond donors (Lipinski definition) is 2. The zero-order valence-corrected chi connectivity index (χ0v) is 15.3. The fraction of sp³-hybridized carbons (Fsp3) is 0.647. The van der Waals surface area contributed by atoms with Crippen molar-refractivity contribution in [1.82, 2.24) is 14.9 Å². The maximum absolute atomic E-state index is 12.3. The second kappa shape index (κ2) is 9.98. The van der Waals surface area contributed by atoms with Crippen LogP contribution in [-0.4, -0.2) is 59.2 Å². The normalized spacial score (nSPS) is 16.2. The van der Waals surface area contributed by atoms with Crippen molar-refractivity contribution < 1.29 is 13.2 Å². The molecule has 24 heavy (non-hydrogen) atoms. The summed E-state index contributed by atoms with van der Waals surface area (Å²) in [7, 11) is -3.45. The van der Waals surface area contributed by atoms with E-state index < -0.39 is 10.0 Å². The molecule has 1 saturated heterocycles. The minimum absolute atomic E-state index is 0.281. The first-order chi connectivity index (χ1) is 11.6. The fourth-order valence-corrected chi connectivity index (χ4v) is 3.63. The predicted octanol–water partition coefficient (Wildman–Crippen LogP) is 1.44. The molecule has 0 aromatic heterocycles. The van der Waals surface area contributed by atoms with Crippen LogP contribution in [0.1, 0.15) is 26.2 Å². The molecule has 1 aromatic rings. The van der Waals surface area contributed by atoms with Gasteiger partial charge in [0.2, 0.25) is 10.0 Å². The number of hydrogen-bond acceptors (Lipinski definition) is 5. The molecule has 6 nitrogen and oxygen atoms in total. The van der Waals surface area contributed by atoms with Gasteiger partial charge < -0.3 is 10.1 Å². The van der Waals surface area contributed by atoms with Crippen molar-refractivity contribution in [3.8, 4) is 5.75 Å². The van der Waals surface area contributed by atoms with Crippen LogP contribution in [0.4, 0.5) is 0 Å². The monoisotopic (exact) mass is 355 g/mol. The highest BCUT2D eigenvalue weighted by Gasteiger charge is 2.15. The van der Waals surface area contributed by atoms with E-state index in [1.54, 1.807) is 24.3 Å². The van der Waals surface area contributed by atoms with Crippen molar-refractivity contribution in [1.29, 1.82) is 0 Å². The van der Waals surface area contributed by atoms with E-state index in [0.717, 1.165) is 52.0 Å². The van der Waals surface area contributed by atoms with Crippen molar-refractivity contribution in [2.45, 2.75) is 31.1 Å². The molecular formula is C17H29N3O3S. The van der Waals surface area contributed by atoms with Crippen LogP contribution >= 0.6 is 0 Å². The fourth-order valence-electron chi connectivity index (χ4n) is 2.61. The van der Waals surface area contributed by atoms with Crippen molar-refractivity contribution in [2.24, 2.45) is 0 Å². The predicted molar refractivity (Wildman–Crippen MR) is 96.0 cm³/mol. The molecule has 2 N–H and O–H groups in total. The van der Waals surface area contributed by atoms with Gasteiger partial charge in [-0.2, -0.15) is 0 Å². The van der Waals surface area contributed by atoms with Gasteiger partial charge >= 0.3 is 0 Å². The summed E-state index contributed by atoms with van der Waals surface area (Å²) < 4.78 is 32.9. The van der Waals surface area contributed by atoms with Crippen LogP contribution in [0.2, 0.25) is 0 Å². The Morgan fingerprint density at radius 2 is 1.88 bits per heavy atom. The van der Waals surface area contributed by atoms with Crippen LogP contribution in [-0.2, 0) is 10.0 Å². The number of nitrogens with zero attached hydrogens (tertiary/aromatic N) is 1. The highest BCUT2D eigenvalue weighted by atomic mass is 32.2. The molecule has 0 atom stereocenters. The van der Waals surface area contributed by atoms with E-state index in [0.29, 0.717) is 18.9 Å². The number of sulfonamides is 1. The average Bonchev–Trinajstić information content (AvgIpc) is 2.60. The lowest BCUT2D eigenvalue weighted by Crippen LogP contribution is -2.46. The lowest BCUT2D eigenvalue weighted by molar-refractivity contribution is 0.245. The Labute approximate surface area is 145 Å². The van der Waals surface area contributed by atoms with E-state index in [2.05, 4.69) is 21.9 Å². The van der Waals surface area contributed by atoms with Crippen LogP contribution in [0.3, 0.4) is 0 Å². The first-order valence-electron chi connectivity index (χ1n) is 8.77. The molecule has 1 fully saturated rings. The molecule has 0 spiro atoms. The zero-order chi connectivity index (χ0) is 17.3. The molecular weight excluding hydrogens is 326 g/mol. The molecule has 0 unspecified atom stereocenters. The maximum atomic E-state index is 12.3. The van der Waals surface area contributed by atoms with Crippen molar-refractivity contribution >= 4 is 10.0 Å². The lowest BCUT2D eigenvalue weighted by Gasteiger charge is -2.27. The summed E-state index contributed by atoms with van der Waals surface area (Å²) in [6.07, 6.45) is 3.31. The van der Waals surface area contributed by atoms with Gasteiger partial charge in [0, 0.05) is 39.3 Å². The Bertz CT molecular complexity index is 569. The summed E-state index contributed by atoms with van der Waals surface area (Å²) in [5, 5.41) is 3.28. The molecule has 0 bridgehead atoms. The number of ether oxygens (including phenoxy) is 1. The summed E-state index contributed by atoms with van der Waals surface area (Å²) in [4.78, 5) is 2.54. The Balaban J connectivity index is 1.78. The molecule has 0 radical (unpaired) electrons. The van der Waals surface area contributed by atoms with E-state index in [-0.39, 0.29) is 4.90 Å². The van der Waals surface area contributed by atoms with Gasteiger partial charge in [-0.1, -0.05) is 19.8 Å². The standard InChI is InChI=1S/C17H29N3O3S/c1-2-3-4-15-23-16-5-7-17(8-6-16)24(21,22)19-11-14-20-12-9-18-10-13-20/h5-8,18-19H,2-4,9-15H2,1H3. The molecule has 2 rings (SSSR count). The van der Waals surface area contributed by atoms with E-state index in [1.165, 1.54) is 0 Å². The van der Waals surface area contributed by atoms with Crippen LogP contribution in [0.25, 0.3) is 0 Å². The van der Waals surface area contributed by atoms with E-state index in [9.17, 15) is 8.42 Å². The van der Waals surface area contributed by atoms with Gasteiger partial charge in [0.05, 0.1) is 11.5 Å². The molecule has 0 amide bonds. The van der Waals surface area contributed by atoms with Crippen molar-refractivity contribution in [2.75, 3.05) is 45.9 Å². The van der Waals surface area contributed by atoms with Gasteiger partial charge in [0.25, 0.3) is 0 Å². The highest BCUT2D eigenvalue weighted by Crippen LogP contribution is 2.16. The molecule has 1 aromatic carbocycles. The Morgan fingerprint density at radius 1 is 1.17 bits per heavy atom. The van der Waals surface area contributed by atoms with E-state index in [4.69, 9.17) is 4.74 Å². The number of unbranched alkanes of at least 4 members (excludes halogenated alkanes) is 2.